The highest BCUT2D eigenvalue weighted by Crippen LogP contribution is 2.10. The molecule has 0 aromatic carbocycles. The molecule has 148 valence electrons. The van der Waals surface area contributed by atoms with Crippen molar-refractivity contribution in [2.24, 2.45) is 12.0 Å². The SMILES string of the molecule is C=CCN1CCC(NC(=NCc2nnc(C)n2C)NCCCC)CC1.I. The van der Waals surface area contributed by atoms with Crippen molar-refractivity contribution in [3.05, 3.63) is 24.3 Å². The summed E-state index contributed by atoms with van der Waals surface area (Å²) < 4.78 is 1.99. The van der Waals surface area contributed by atoms with Crippen molar-refractivity contribution >= 4 is 29.9 Å². The molecule has 0 aliphatic carbocycles. The van der Waals surface area contributed by atoms with Gasteiger partial charge in [0, 0.05) is 39.3 Å². The molecule has 2 heterocycles. The van der Waals surface area contributed by atoms with Crippen LogP contribution in [-0.2, 0) is 13.6 Å². The van der Waals surface area contributed by atoms with Crippen molar-refractivity contribution in [3.63, 3.8) is 0 Å². The Kier molecular flexibility index (Phi) is 10.8. The molecule has 0 atom stereocenters. The van der Waals surface area contributed by atoms with E-state index in [9.17, 15) is 0 Å². The number of nitrogens with zero attached hydrogens (tertiary/aromatic N) is 5. The van der Waals surface area contributed by atoms with Gasteiger partial charge >= 0.3 is 0 Å². The van der Waals surface area contributed by atoms with Gasteiger partial charge in [0.05, 0.1) is 0 Å². The van der Waals surface area contributed by atoms with Crippen molar-refractivity contribution in [1.82, 2.24) is 30.3 Å². The summed E-state index contributed by atoms with van der Waals surface area (Å²) in [6.07, 6.45) is 6.55. The zero-order valence-corrected chi connectivity index (χ0v) is 18.7. The minimum atomic E-state index is 0. The maximum absolute atomic E-state index is 4.73. The number of hydrogen-bond acceptors (Lipinski definition) is 4. The van der Waals surface area contributed by atoms with Crippen LogP contribution in [0.1, 0.15) is 44.3 Å². The van der Waals surface area contributed by atoms with Crippen LogP contribution in [0.2, 0.25) is 0 Å². The lowest BCUT2D eigenvalue weighted by atomic mass is 10.1. The van der Waals surface area contributed by atoms with Crippen LogP contribution in [0.25, 0.3) is 0 Å². The summed E-state index contributed by atoms with van der Waals surface area (Å²) in [7, 11) is 1.98. The Balaban J connectivity index is 0.00000338. The third kappa shape index (κ3) is 7.22. The van der Waals surface area contributed by atoms with E-state index in [1.807, 2.05) is 24.6 Å². The number of nitrogens with one attached hydrogen (secondary N) is 2. The fourth-order valence-corrected chi connectivity index (χ4v) is 2.91. The van der Waals surface area contributed by atoms with E-state index in [4.69, 9.17) is 4.99 Å². The van der Waals surface area contributed by atoms with E-state index in [1.54, 1.807) is 0 Å². The molecule has 0 saturated carbocycles. The average Bonchev–Trinajstić information content (AvgIpc) is 2.93. The van der Waals surface area contributed by atoms with E-state index in [-0.39, 0.29) is 24.0 Å². The molecule has 1 aromatic heterocycles. The van der Waals surface area contributed by atoms with Gasteiger partial charge in [0.15, 0.2) is 11.8 Å². The molecule has 1 aliphatic heterocycles. The summed E-state index contributed by atoms with van der Waals surface area (Å²) >= 11 is 0. The van der Waals surface area contributed by atoms with Crippen LogP contribution >= 0.6 is 24.0 Å². The fraction of sp³-hybridized carbons (Fsp3) is 0.722. The van der Waals surface area contributed by atoms with Gasteiger partial charge in [0.2, 0.25) is 0 Å². The van der Waals surface area contributed by atoms with E-state index in [0.29, 0.717) is 12.6 Å². The second-order valence-corrected chi connectivity index (χ2v) is 6.68. The molecular formula is C18H34IN7. The summed E-state index contributed by atoms with van der Waals surface area (Å²) in [6.45, 7) is 12.6. The molecule has 0 bridgehead atoms. The van der Waals surface area contributed by atoms with E-state index < -0.39 is 0 Å². The minimum absolute atomic E-state index is 0. The highest BCUT2D eigenvalue weighted by molar-refractivity contribution is 14.0. The molecule has 1 fully saturated rings. The lowest BCUT2D eigenvalue weighted by Crippen LogP contribution is -2.48. The first-order valence-electron chi connectivity index (χ1n) is 9.37. The number of piperidine rings is 1. The lowest BCUT2D eigenvalue weighted by Gasteiger charge is -2.32. The molecule has 0 spiro atoms. The number of unbranched alkanes of at least 4 members (excludes halogenated alkanes) is 1. The number of guanidine groups is 1. The van der Waals surface area contributed by atoms with Crippen LogP contribution < -0.4 is 10.6 Å². The van der Waals surface area contributed by atoms with Crippen molar-refractivity contribution in [3.8, 4) is 0 Å². The third-order valence-corrected chi connectivity index (χ3v) is 4.70. The van der Waals surface area contributed by atoms with Gasteiger partial charge < -0.3 is 15.2 Å². The zero-order chi connectivity index (χ0) is 18.1. The number of halogens is 1. The summed E-state index contributed by atoms with van der Waals surface area (Å²) in [5.74, 6) is 2.68. The quantitative estimate of drug-likeness (QED) is 0.199. The predicted molar refractivity (Wildman–Crippen MR) is 118 cm³/mol. The topological polar surface area (TPSA) is 70.4 Å². The van der Waals surface area contributed by atoms with Crippen LogP contribution in [0.4, 0.5) is 0 Å². The second-order valence-electron chi connectivity index (χ2n) is 6.68. The zero-order valence-electron chi connectivity index (χ0n) is 16.4. The molecule has 1 aromatic rings. The fourth-order valence-electron chi connectivity index (χ4n) is 2.91. The Hall–Kier alpha value is -1.16. The van der Waals surface area contributed by atoms with Crippen molar-refractivity contribution in [2.45, 2.75) is 52.1 Å². The monoisotopic (exact) mass is 475 g/mol. The summed E-state index contributed by atoms with van der Waals surface area (Å²) in [5, 5.41) is 15.4. The Labute approximate surface area is 174 Å². The maximum atomic E-state index is 4.73. The van der Waals surface area contributed by atoms with Gasteiger partial charge in [0.25, 0.3) is 0 Å². The summed E-state index contributed by atoms with van der Waals surface area (Å²) in [5.41, 5.74) is 0. The Morgan fingerprint density at radius 2 is 2.08 bits per heavy atom. The van der Waals surface area contributed by atoms with E-state index in [0.717, 1.165) is 63.0 Å². The highest BCUT2D eigenvalue weighted by atomic mass is 127. The molecular weight excluding hydrogens is 441 g/mol. The molecule has 7 nitrogen and oxygen atoms in total. The van der Waals surface area contributed by atoms with Gasteiger partial charge in [-0.15, -0.1) is 40.8 Å². The number of rotatable bonds is 8. The number of aryl methyl sites for hydroxylation is 1. The number of likely N-dealkylation sites (tertiary alicyclic amines) is 1. The molecule has 0 amide bonds. The highest BCUT2D eigenvalue weighted by Gasteiger charge is 2.19. The van der Waals surface area contributed by atoms with Gasteiger partial charge in [-0.05, 0) is 26.2 Å². The Morgan fingerprint density at radius 3 is 2.65 bits per heavy atom. The van der Waals surface area contributed by atoms with Gasteiger partial charge in [-0.3, -0.25) is 4.90 Å². The molecule has 26 heavy (non-hydrogen) atoms. The first-order chi connectivity index (χ1) is 12.1. The van der Waals surface area contributed by atoms with E-state index in [1.165, 1.54) is 6.42 Å². The number of aliphatic imine (C=N–C) groups is 1. The van der Waals surface area contributed by atoms with Crippen LogP contribution in [0.15, 0.2) is 17.6 Å². The molecule has 8 heteroatoms. The average molecular weight is 475 g/mol. The predicted octanol–water partition coefficient (Wildman–Crippen LogP) is 2.23. The minimum Gasteiger partial charge on any atom is -0.356 e. The van der Waals surface area contributed by atoms with Gasteiger partial charge in [-0.25, -0.2) is 4.99 Å². The first kappa shape index (κ1) is 22.9. The van der Waals surface area contributed by atoms with Crippen LogP contribution in [-0.4, -0.2) is 57.8 Å². The van der Waals surface area contributed by atoms with Gasteiger partial charge in [-0.2, -0.15) is 0 Å². The maximum Gasteiger partial charge on any atom is 0.191 e. The Bertz CT molecular complexity index is 562. The van der Waals surface area contributed by atoms with E-state index >= 15 is 0 Å². The molecule has 1 aliphatic rings. The standard InChI is InChI=1S/C18H33N7.HI/c1-5-7-10-19-18(20-14-17-23-22-15(3)24(17)4)21-16-8-12-25(11-6-2)13-9-16;/h6,16H,2,5,7-14H2,1,3-4H3,(H2,19,20,21);1H. The summed E-state index contributed by atoms with van der Waals surface area (Å²) in [4.78, 5) is 7.17. The molecule has 2 rings (SSSR count). The molecule has 0 radical (unpaired) electrons. The second kappa shape index (κ2) is 12.3. The number of hydrogen-bond donors (Lipinski definition) is 2. The largest absolute Gasteiger partial charge is 0.356 e. The van der Waals surface area contributed by atoms with Crippen LogP contribution in [0.5, 0.6) is 0 Å². The van der Waals surface area contributed by atoms with E-state index in [2.05, 4.69) is 39.2 Å². The van der Waals surface area contributed by atoms with Crippen molar-refractivity contribution < 1.29 is 0 Å². The smallest absolute Gasteiger partial charge is 0.191 e. The normalized spacial score (nSPS) is 16.2. The van der Waals surface area contributed by atoms with Crippen molar-refractivity contribution in [1.29, 1.82) is 0 Å². The summed E-state index contributed by atoms with van der Waals surface area (Å²) in [6, 6.07) is 0.468. The molecule has 1 saturated heterocycles. The number of aromatic nitrogens is 3. The molecule has 0 unspecified atom stereocenters. The van der Waals surface area contributed by atoms with Crippen molar-refractivity contribution in [2.75, 3.05) is 26.2 Å². The first-order valence-corrected chi connectivity index (χ1v) is 9.37. The van der Waals surface area contributed by atoms with Gasteiger partial charge in [-0.1, -0.05) is 19.4 Å². The third-order valence-electron chi connectivity index (χ3n) is 4.70. The Morgan fingerprint density at radius 1 is 1.35 bits per heavy atom. The van der Waals surface area contributed by atoms with Crippen LogP contribution in [0.3, 0.4) is 0 Å². The lowest BCUT2D eigenvalue weighted by molar-refractivity contribution is 0.225. The van der Waals surface area contributed by atoms with Gasteiger partial charge in [0.1, 0.15) is 12.4 Å². The van der Waals surface area contributed by atoms with Crippen LogP contribution in [0, 0.1) is 6.92 Å². The molecule has 2 N–H and O–H groups in total.